The van der Waals surface area contributed by atoms with Crippen molar-refractivity contribution in [3.8, 4) is 18.6 Å². The van der Waals surface area contributed by atoms with Crippen molar-refractivity contribution in [1.82, 2.24) is 0 Å². The fraction of sp³-hybridized carbons (Fsp3) is 0.200. The normalized spacial score (nSPS) is 9.76. The van der Waals surface area contributed by atoms with Crippen molar-refractivity contribution in [3.63, 3.8) is 0 Å². The Kier molecular flexibility index (Phi) is 4.87. The van der Waals surface area contributed by atoms with E-state index >= 15 is 0 Å². The lowest BCUT2D eigenvalue weighted by Gasteiger charge is -2.10. The van der Waals surface area contributed by atoms with Gasteiger partial charge in [-0.2, -0.15) is 0 Å². The summed E-state index contributed by atoms with van der Waals surface area (Å²) < 4.78 is 5.62. The average molecular weight is 247 g/mol. The molecule has 88 valence electrons. The Labute approximate surface area is 107 Å². The van der Waals surface area contributed by atoms with Crippen LogP contribution in [0.2, 0.25) is 5.02 Å². The summed E-state index contributed by atoms with van der Waals surface area (Å²) in [5, 5.41) is 2.96. The number of hydrogen-bond acceptors (Lipinski definition) is 1. The number of rotatable bonds is 2. The van der Waals surface area contributed by atoms with Crippen molar-refractivity contribution >= 4 is 22.4 Å². The largest absolute Gasteiger partial charge is 0.491 e. The van der Waals surface area contributed by atoms with Gasteiger partial charge in [0.1, 0.15) is 5.75 Å². The van der Waals surface area contributed by atoms with Crippen LogP contribution < -0.4 is 4.74 Å². The summed E-state index contributed by atoms with van der Waals surface area (Å²) in [5.41, 5.74) is 0. The van der Waals surface area contributed by atoms with Crippen LogP contribution in [0.3, 0.4) is 0 Å². The van der Waals surface area contributed by atoms with Gasteiger partial charge >= 0.3 is 0 Å². The maximum Gasteiger partial charge on any atom is 0.120 e. The van der Waals surface area contributed by atoms with Crippen LogP contribution in [0.15, 0.2) is 36.4 Å². The molecule has 17 heavy (non-hydrogen) atoms. The summed E-state index contributed by atoms with van der Waals surface area (Å²) in [6.45, 7) is 4.03. The van der Waals surface area contributed by atoms with Gasteiger partial charge in [-0.15, -0.1) is 12.8 Å². The molecular weight excluding hydrogens is 232 g/mol. The van der Waals surface area contributed by atoms with Crippen molar-refractivity contribution in [2.24, 2.45) is 0 Å². The fourth-order valence-electron chi connectivity index (χ4n) is 1.57. The molecule has 0 radical (unpaired) electrons. The molecule has 2 aromatic rings. The van der Waals surface area contributed by atoms with E-state index < -0.39 is 0 Å². The molecule has 0 aromatic heterocycles. The molecule has 0 unspecified atom stereocenters. The van der Waals surface area contributed by atoms with Crippen molar-refractivity contribution in [2.45, 2.75) is 20.0 Å². The molecule has 2 aromatic carbocycles. The number of hydrogen-bond donors (Lipinski definition) is 0. The summed E-state index contributed by atoms with van der Waals surface area (Å²) in [4.78, 5) is 0. The zero-order valence-electron chi connectivity index (χ0n) is 9.98. The molecule has 0 N–H and O–H groups in total. The smallest absolute Gasteiger partial charge is 0.120 e. The second-order valence-electron chi connectivity index (χ2n) is 3.79. The third-order valence-corrected chi connectivity index (χ3v) is 2.50. The van der Waals surface area contributed by atoms with Crippen molar-refractivity contribution in [3.05, 3.63) is 41.4 Å². The van der Waals surface area contributed by atoms with E-state index in [1.54, 1.807) is 0 Å². The number of benzene rings is 2. The second-order valence-corrected chi connectivity index (χ2v) is 4.20. The van der Waals surface area contributed by atoms with Crippen LogP contribution in [0.4, 0.5) is 0 Å². The van der Waals surface area contributed by atoms with Crippen LogP contribution in [0.5, 0.6) is 5.75 Å². The lowest BCUT2D eigenvalue weighted by Crippen LogP contribution is -2.05. The van der Waals surface area contributed by atoms with Crippen LogP contribution in [-0.4, -0.2) is 6.10 Å². The predicted octanol–water partition coefficient (Wildman–Crippen LogP) is 4.53. The highest BCUT2D eigenvalue weighted by molar-refractivity contribution is 6.35. The SMILES string of the molecule is C#C.CC(C)Oc1ccc2c(Cl)cccc2c1. The summed E-state index contributed by atoms with van der Waals surface area (Å²) >= 11 is 6.07. The first kappa shape index (κ1) is 13.4. The quantitative estimate of drug-likeness (QED) is 0.708. The Bertz CT molecular complexity index is 515. The van der Waals surface area contributed by atoms with Gasteiger partial charge in [-0.25, -0.2) is 0 Å². The van der Waals surface area contributed by atoms with Crippen molar-refractivity contribution in [1.29, 1.82) is 0 Å². The molecule has 0 fully saturated rings. The molecule has 2 heteroatoms. The van der Waals surface area contributed by atoms with Gasteiger partial charge in [-0.3, -0.25) is 0 Å². The number of terminal acetylenes is 1. The minimum Gasteiger partial charge on any atom is -0.491 e. The van der Waals surface area contributed by atoms with E-state index in [4.69, 9.17) is 16.3 Å². The van der Waals surface area contributed by atoms with Gasteiger partial charge in [-0.1, -0.05) is 23.7 Å². The lowest BCUT2D eigenvalue weighted by molar-refractivity contribution is 0.243. The number of halogens is 1. The highest BCUT2D eigenvalue weighted by Gasteiger charge is 2.01. The number of fused-ring (bicyclic) bond motifs is 1. The first-order chi connectivity index (χ1) is 8.16. The standard InChI is InChI=1S/C13H13ClO.C2H2/c1-9(2)15-11-6-7-12-10(8-11)4-3-5-13(12)14;1-2/h3-9H,1-2H3;1-2H. The summed E-state index contributed by atoms with van der Waals surface area (Å²) in [7, 11) is 0. The van der Waals surface area contributed by atoms with Gasteiger partial charge in [0.15, 0.2) is 0 Å². The molecular formula is C15H15ClO. The third kappa shape index (κ3) is 3.41. The van der Waals surface area contributed by atoms with Crippen molar-refractivity contribution in [2.75, 3.05) is 0 Å². The highest BCUT2D eigenvalue weighted by atomic mass is 35.5. The van der Waals surface area contributed by atoms with E-state index in [-0.39, 0.29) is 6.10 Å². The molecule has 0 bridgehead atoms. The predicted molar refractivity (Wildman–Crippen MR) is 74.6 cm³/mol. The van der Waals surface area contributed by atoms with Crippen LogP contribution >= 0.6 is 11.6 Å². The second kappa shape index (κ2) is 6.18. The summed E-state index contributed by atoms with van der Waals surface area (Å²) in [5.74, 6) is 0.889. The van der Waals surface area contributed by atoms with Gasteiger partial charge in [0, 0.05) is 10.4 Å². The Morgan fingerprint density at radius 2 is 1.82 bits per heavy atom. The molecule has 0 saturated heterocycles. The Hall–Kier alpha value is -1.65. The molecule has 0 aliphatic rings. The minimum atomic E-state index is 0.196. The molecule has 0 aliphatic heterocycles. The average Bonchev–Trinajstić information content (AvgIpc) is 2.31. The van der Waals surface area contributed by atoms with E-state index in [0.717, 1.165) is 21.5 Å². The lowest BCUT2D eigenvalue weighted by atomic mass is 10.1. The fourth-order valence-corrected chi connectivity index (χ4v) is 1.81. The van der Waals surface area contributed by atoms with Crippen LogP contribution in [-0.2, 0) is 0 Å². The molecule has 2 rings (SSSR count). The van der Waals surface area contributed by atoms with E-state index in [0.29, 0.717) is 0 Å². The molecule has 0 amide bonds. The molecule has 0 atom stereocenters. The van der Waals surface area contributed by atoms with Gasteiger partial charge in [-0.05, 0) is 43.5 Å². The first-order valence-corrected chi connectivity index (χ1v) is 5.73. The highest BCUT2D eigenvalue weighted by Crippen LogP contribution is 2.27. The minimum absolute atomic E-state index is 0.196. The zero-order valence-corrected chi connectivity index (χ0v) is 10.7. The monoisotopic (exact) mass is 246 g/mol. The van der Waals surface area contributed by atoms with E-state index in [9.17, 15) is 0 Å². The van der Waals surface area contributed by atoms with Crippen LogP contribution in [0.1, 0.15) is 13.8 Å². The van der Waals surface area contributed by atoms with Crippen LogP contribution in [0, 0.1) is 12.8 Å². The topological polar surface area (TPSA) is 9.23 Å². The van der Waals surface area contributed by atoms with Gasteiger partial charge < -0.3 is 4.74 Å². The van der Waals surface area contributed by atoms with Gasteiger partial charge in [0.25, 0.3) is 0 Å². The zero-order chi connectivity index (χ0) is 12.8. The molecule has 0 aliphatic carbocycles. The molecule has 1 nitrogen and oxygen atoms in total. The summed E-state index contributed by atoms with van der Waals surface area (Å²) in [6, 6.07) is 11.8. The van der Waals surface area contributed by atoms with Crippen molar-refractivity contribution < 1.29 is 4.74 Å². The molecule has 0 heterocycles. The van der Waals surface area contributed by atoms with Crippen LogP contribution in [0.25, 0.3) is 10.8 Å². The van der Waals surface area contributed by atoms with Gasteiger partial charge in [0.05, 0.1) is 6.10 Å². The Morgan fingerprint density at radius 3 is 2.47 bits per heavy atom. The number of ether oxygens (including phenoxy) is 1. The molecule has 0 saturated carbocycles. The maximum absolute atomic E-state index is 6.07. The first-order valence-electron chi connectivity index (χ1n) is 5.35. The molecule has 0 spiro atoms. The van der Waals surface area contributed by atoms with E-state index in [1.807, 2.05) is 50.2 Å². The Morgan fingerprint density at radius 1 is 1.12 bits per heavy atom. The summed E-state index contributed by atoms with van der Waals surface area (Å²) in [6.07, 6.45) is 8.20. The Balaban J connectivity index is 0.000000686. The van der Waals surface area contributed by atoms with Gasteiger partial charge in [0.2, 0.25) is 0 Å². The maximum atomic E-state index is 6.07. The van der Waals surface area contributed by atoms with E-state index in [2.05, 4.69) is 12.8 Å². The van der Waals surface area contributed by atoms with E-state index in [1.165, 1.54) is 0 Å². The third-order valence-electron chi connectivity index (χ3n) is 2.17.